The molecule has 0 radical (unpaired) electrons. The van der Waals surface area contributed by atoms with E-state index in [2.05, 4.69) is 10.6 Å². The second-order valence-electron chi connectivity index (χ2n) is 7.93. The SMILES string of the molecule is O=C1CN(c2ccc(NC(=O)C(c3ccccc3)N3CCS(=O)(=O)CC3)cc2Cl)CCN1. The maximum atomic E-state index is 13.3. The maximum absolute atomic E-state index is 13.3. The fourth-order valence-electron chi connectivity index (χ4n) is 4.04. The van der Waals surface area contributed by atoms with Crippen molar-refractivity contribution in [2.24, 2.45) is 0 Å². The Balaban J connectivity index is 1.53. The molecule has 8 nitrogen and oxygen atoms in total. The molecular weight excluding hydrogens is 452 g/mol. The van der Waals surface area contributed by atoms with Crippen LogP contribution in [-0.2, 0) is 19.4 Å². The number of rotatable bonds is 5. The summed E-state index contributed by atoms with van der Waals surface area (Å²) in [4.78, 5) is 28.8. The fraction of sp³-hybridized carbons (Fsp3) is 0.364. The predicted octanol–water partition coefficient (Wildman–Crippen LogP) is 1.69. The zero-order valence-electron chi connectivity index (χ0n) is 17.5. The van der Waals surface area contributed by atoms with Crippen molar-refractivity contribution in [1.29, 1.82) is 0 Å². The van der Waals surface area contributed by atoms with Crippen LogP contribution < -0.4 is 15.5 Å². The Labute approximate surface area is 192 Å². The van der Waals surface area contributed by atoms with E-state index in [0.717, 1.165) is 11.3 Å². The van der Waals surface area contributed by atoms with Crippen LogP contribution in [0.15, 0.2) is 48.5 Å². The van der Waals surface area contributed by atoms with Crippen LogP contribution in [0.2, 0.25) is 5.02 Å². The number of anilines is 2. The summed E-state index contributed by atoms with van der Waals surface area (Å²) in [6.07, 6.45) is 0. The van der Waals surface area contributed by atoms with Gasteiger partial charge in [-0.05, 0) is 23.8 Å². The molecule has 2 heterocycles. The third-order valence-corrected chi connectivity index (χ3v) is 7.61. The van der Waals surface area contributed by atoms with Crippen molar-refractivity contribution in [2.75, 3.05) is 54.4 Å². The van der Waals surface area contributed by atoms with Gasteiger partial charge in [-0.15, -0.1) is 0 Å². The number of carbonyl (C=O) groups excluding carboxylic acids is 2. The zero-order valence-corrected chi connectivity index (χ0v) is 19.0. The van der Waals surface area contributed by atoms with E-state index in [1.54, 1.807) is 18.2 Å². The average Bonchev–Trinajstić information content (AvgIpc) is 2.76. The van der Waals surface area contributed by atoms with E-state index in [1.165, 1.54) is 0 Å². The minimum absolute atomic E-state index is 0.0353. The number of sulfone groups is 1. The minimum Gasteiger partial charge on any atom is -0.359 e. The topological polar surface area (TPSA) is 98.8 Å². The second-order valence-corrected chi connectivity index (χ2v) is 10.6. The molecule has 0 aliphatic carbocycles. The van der Waals surface area contributed by atoms with Crippen molar-refractivity contribution in [1.82, 2.24) is 10.2 Å². The Morgan fingerprint density at radius 1 is 1.06 bits per heavy atom. The van der Waals surface area contributed by atoms with Crippen molar-refractivity contribution >= 4 is 44.6 Å². The van der Waals surface area contributed by atoms with Crippen LogP contribution in [-0.4, -0.2) is 69.4 Å². The predicted molar refractivity (Wildman–Crippen MR) is 125 cm³/mol. The fourth-order valence-corrected chi connectivity index (χ4v) is 5.57. The highest BCUT2D eigenvalue weighted by Crippen LogP contribution is 2.31. The molecule has 10 heteroatoms. The quantitative estimate of drug-likeness (QED) is 0.681. The summed E-state index contributed by atoms with van der Waals surface area (Å²) in [6.45, 7) is 2.04. The molecule has 2 fully saturated rings. The Hall–Kier alpha value is -2.62. The summed E-state index contributed by atoms with van der Waals surface area (Å²) in [5.74, 6) is -0.239. The highest BCUT2D eigenvalue weighted by molar-refractivity contribution is 7.91. The van der Waals surface area contributed by atoms with Gasteiger partial charge in [0.05, 0.1) is 28.8 Å². The molecule has 1 atom stereocenters. The number of hydrogen-bond acceptors (Lipinski definition) is 6. The third kappa shape index (κ3) is 5.23. The highest BCUT2D eigenvalue weighted by atomic mass is 35.5. The number of hydrogen-bond donors (Lipinski definition) is 2. The summed E-state index contributed by atoms with van der Waals surface area (Å²) < 4.78 is 23.7. The van der Waals surface area contributed by atoms with Crippen LogP contribution in [0.25, 0.3) is 0 Å². The summed E-state index contributed by atoms with van der Waals surface area (Å²) in [6, 6.07) is 13.9. The molecule has 2 N–H and O–H groups in total. The van der Waals surface area contributed by atoms with E-state index in [9.17, 15) is 18.0 Å². The number of piperazine rings is 1. The Morgan fingerprint density at radius 3 is 2.44 bits per heavy atom. The number of carbonyl (C=O) groups is 2. The molecule has 170 valence electrons. The number of amides is 2. The third-order valence-electron chi connectivity index (χ3n) is 5.70. The Bertz CT molecular complexity index is 1100. The normalized spacial score (nSPS) is 19.8. The first-order valence-electron chi connectivity index (χ1n) is 10.4. The summed E-state index contributed by atoms with van der Waals surface area (Å²) in [5, 5.41) is 6.15. The van der Waals surface area contributed by atoms with Crippen LogP contribution in [0, 0.1) is 0 Å². The number of nitrogens with zero attached hydrogens (tertiary/aromatic N) is 2. The molecule has 0 saturated carbocycles. The minimum atomic E-state index is -3.06. The molecule has 0 bridgehead atoms. The first-order valence-corrected chi connectivity index (χ1v) is 12.6. The Morgan fingerprint density at radius 2 is 1.78 bits per heavy atom. The van der Waals surface area contributed by atoms with Gasteiger partial charge in [0.1, 0.15) is 6.04 Å². The molecule has 1 unspecified atom stereocenters. The first-order chi connectivity index (χ1) is 15.3. The van der Waals surface area contributed by atoms with Crippen molar-refractivity contribution in [3.8, 4) is 0 Å². The summed E-state index contributed by atoms with van der Waals surface area (Å²) in [5.41, 5.74) is 2.07. The van der Waals surface area contributed by atoms with E-state index in [-0.39, 0.29) is 29.9 Å². The van der Waals surface area contributed by atoms with Gasteiger partial charge in [-0.1, -0.05) is 41.9 Å². The van der Waals surface area contributed by atoms with Gasteiger partial charge in [0.25, 0.3) is 0 Å². The highest BCUT2D eigenvalue weighted by Gasteiger charge is 2.32. The second kappa shape index (κ2) is 9.48. The van der Waals surface area contributed by atoms with Gasteiger partial charge in [-0.2, -0.15) is 0 Å². The molecular formula is C22H25ClN4O4S. The van der Waals surface area contributed by atoms with Crippen molar-refractivity contribution < 1.29 is 18.0 Å². The van der Waals surface area contributed by atoms with Gasteiger partial charge in [0.2, 0.25) is 11.8 Å². The summed E-state index contributed by atoms with van der Waals surface area (Å²) in [7, 11) is -3.06. The van der Waals surface area contributed by atoms with Gasteiger partial charge >= 0.3 is 0 Å². The molecule has 2 amide bonds. The van der Waals surface area contributed by atoms with Gasteiger partial charge in [-0.3, -0.25) is 14.5 Å². The van der Waals surface area contributed by atoms with Crippen LogP contribution in [0.1, 0.15) is 11.6 Å². The summed E-state index contributed by atoms with van der Waals surface area (Å²) >= 11 is 6.47. The maximum Gasteiger partial charge on any atom is 0.246 e. The first kappa shape index (κ1) is 22.6. The monoisotopic (exact) mass is 476 g/mol. The van der Waals surface area contributed by atoms with Crippen molar-refractivity contribution in [3.63, 3.8) is 0 Å². The lowest BCUT2D eigenvalue weighted by atomic mass is 10.0. The van der Waals surface area contributed by atoms with Gasteiger partial charge in [0.15, 0.2) is 9.84 Å². The molecule has 2 aliphatic rings. The average molecular weight is 477 g/mol. The lowest BCUT2D eigenvalue weighted by Crippen LogP contribution is -2.47. The molecule has 2 aromatic carbocycles. The molecule has 2 aromatic rings. The molecule has 2 saturated heterocycles. The van der Waals surface area contributed by atoms with Crippen LogP contribution in [0.3, 0.4) is 0 Å². The van der Waals surface area contributed by atoms with Crippen LogP contribution in [0.5, 0.6) is 0 Å². The van der Waals surface area contributed by atoms with Crippen LogP contribution >= 0.6 is 11.6 Å². The lowest BCUT2D eigenvalue weighted by molar-refractivity contribution is -0.121. The molecule has 2 aliphatic heterocycles. The standard InChI is InChI=1S/C22H25ClN4O4S/c23-18-14-17(6-7-19(18)27-9-8-24-20(28)15-27)25-22(29)21(16-4-2-1-3-5-16)26-10-12-32(30,31)13-11-26/h1-7,14,21H,8-13,15H2,(H,24,28)(H,25,29). The molecule has 4 rings (SSSR count). The van der Waals surface area contributed by atoms with E-state index < -0.39 is 15.9 Å². The van der Waals surface area contributed by atoms with Gasteiger partial charge in [-0.25, -0.2) is 8.42 Å². The van der Waals surface area contributed by atoms with E-state index in [1.807, 2.05) is 40.1 Å². The number of halogens is 1. The Kier molecular flexibility index (Phi) is 6.68. The largest absolute Gasteiger partial charge is 0.359 e. The van der Waals surface area contributed by atoms with E-state index in [4.69, 9.17) is 11.6 Å². The molecule has 0 aromatic heterocycles. The van der Waals surface area contributed by atoms with E-state index in [0.29, 0.717) is 36.9 Å². The van der Waals surface area contributed by atoms with Gasteiger partial charge < -0.3 is 15.5 Å². The van der Waals surface area contributed by atoms with Crippen molar-refractivity contribution in [3.05, 3.63) is 59.1 Å². The van der Waals surface area contributed by atoms with E-state index >= 15 is 0 Å². The lowest BCUT2D eigenvalue weighted by Gasteiger charge is -2.33. The molecule has 32 heavy (non-hydrogen) atoms. The number of benzene rings is 2. The van der Waals surface area contributed by atoms with Crippen molar-refractivity contribution in [2.45, 2.75) is 6.04 Å². The smallest absolute Gasteiger partial charge is 0.246 e. The van der Waals surface area contributed by atoms with Crippen LogP contribution in [0.4, 0.5) is 11.4 Å². The molecule has 0 spiro atoms. The van der Waals surface area contributed by atoms with Gasteiger partial charge in [0, 0.05) is 31.9 Å². The zero-order chi connectivity index (χ0) is 22.7. The number of nitrogens with one attached hydrogen (secondary N) is 2.